The van der Waals surface area contributed by atoms with E-state index in [1.165, 1.54) is 50.5 Å². The number of hydrogen-bond donors (Lipinski definition) is 0. The second-order valence-electron chi connectivity index (χ2n) is 8.51. The van der Waals surface area contributed by atoms with Crippen LogP contribution in [0, 0.1) is 29.6 Å². The molecule has 2 saturated carbocycles. The van der Waals surface area contributed by atoms with Crippen molar-refractivity contribution in [2.24, 2.45) is 29.6 Å². The minimum absolute atomic E-state index is 0.137. The summed E-state index contributed by atoms with van der Waals surface area (Å²) in [6, 6.07) is 0. The van der Waals surface area contributed by atoms with Gasteiger partial charge in [0.05, 0.1) is 0 Å². The molecule has 0 heterocycles. The van der Waals surface area contributed by atoms with Crippen LogP contribution in [0.2, 0.25) is 0 Å². The highest BCUT2D eigenvalue weighted by molar-refractivity contribution is 5.14. The van der Waals surface area contributed by atoms with Crippen molar-refractivity contribution in [2.75, 3.05) is 0 Å². The monoisotopic (exact) mass is 324 g/mol. The molecule has 0 spiro atoms. The fourth-order valence-corrected chi connectivity index (χ4v) is 5.54. The zero-order valence-electron chi connectivity index (χ0n) is 14.9. The molecule has 3 aliphatic rings. The first-order chi connectivity index (χ1) is 11.1. The van der Waals surface area contributed by atoms with Crippen molar-refractivity contribution in [2.45, 2.75) is 90.4 Å². The van der Waals surface area contributed by atoms with Gasteiger partial charge in [-0.3, -0.25) is 0 Å². The number of allylic oxidation sites excluding steroid dienone is 2. The Kier molecular flexibility index (Phi) is 5.80. The molecule has 23 heavy (non-hydrogen) atoms. The lowest BCUT2D eigenvalue weighted by molar-refractivity contribution is 0.0467. The molecule has 2 fully saturated rings. The third kappa shape index (κ3) is 3.82. The van der Waals surface area contributed by atoms with Gasteiger partial charge in [0, 0.05) is 0 Å². The first-order valence-corrected chi connectivity index (χ1v) is 10.1. The number of halogens is 2. The molecule has 5 atom stereocenters. The summed E-state index contributed by atoms with van der Waals surface area (Å²) in [6.07, 6.45) is 11.9. The van der Waals surface area contributed by atoms with Gasteiger partial charge >= 0.3 is 0 Å². The number of rotatable bonds is 3. The molecule has 3 rings (SSSR count). The zero-order valence-corrected chi connectivity index (χ0v) is 14.9. The van der Waals surface area contributed by atoms with Gasteiger partial charge in [-0.05, 0) is 74.5 Å². The molecular formula is C21H34F2. The van der Waals surface area contributed by atoms with Gasteiger partial charge in [0.2, 0.25) is 0 Å². The molecule has 0 bridgehead atoms. The first-order valence-electron chi connectivity index (χ1n) is 10.1. The average molecular weight is 324 g/mol. The van der Waals surface area contributed by atoms with E-state index in [2.05, 4.69) is 13.0 Å². The van der Waals surface area contributed by atoms with Crippen molar-refractivity contribution in [3.8, 4) is 0 Å². The highest BCUT2D eigenvalue weighted by atomic mass is 19.2. The Bertz CT molecular complexity index is 408. The Hall–Kier alpha value is -0.400. The summed E-state index contributed by atoms with van der Waals surface area (Å²) in [5.74, 6) is 2.91. The minimum atomic E-state index is -1.25. The van der Waals surface area contributed by atoms with Crippen LogP contribution >= 0.6 is 0 Å². The van der Waals surface area contributed by atoms with Crippen molar-refractivity contribution >= 4 is 0 Å². The number of hydrogen-bond acceptors (Lipinski definition) is 0. The van der Waals surface area contributed by atoms with E-state index in [9.17, 15) is 8.78 Å². The van der Waals surface area contributed by atoms with E-state index in [1.807, 2.05) is 6.92 Å². The van der Waals surface area contributed by atoms with Crippen LogP contribution in [-0.2, 0) is 0 Å². The molecule has 0 saturated heterocycles. The summed E-state index contributed by atoms with van der Waals surface area (Å²) in [7, 11) is 0. The van der Waals surface area contributed by atoms with Crippen LogP contribution in [-0.4, -0.2) is 12.3 Å². The summed E-state index contributed by atoms with van der Waals surface area (Å²) in [6.45, 7) is 4.24. The van der Waals surface area contributed by atoms with Gasteiger partial charge in [-0.2, -0.15) is 0 Å². The van der Waals surface area contributed by atoms with Crippen molar-refractivity contribution in [1.29, 1.82) is 0 Å². The maximum atomic E-state index is 14.0. The van der Waals surface area contributed by atoms with E-state index in [4.69, 9.17) is 0 Å². The largest absolute Gasteiger partial charge is 0.244 e. The molecular weight excluding hydrogens is 290 g/mol. The molecule has 0 aromatic heterocycles. The smallest absolute Gasteiger partial charge is 0.134 e. The molecule has 5 unspecified atom stereocenters. The van der Waals surface area contributed by atoms with Crippen LogP contribution < -0.4 is 0 Å². The lowest BCUT2D eigenvalue weighted by atomic mass is 9.67. The van der Waals surface area contributed by atoms with Crippen molar-refractivity contribution < 1.29 is 8.78 Å². The predicted molar refractivity (Wildman–Crippen MR) is 92.8 cm³/mol. The van der Waals surface area contributed by atoms with Gasteiger partial charge < -0.3 is 0 Å². The van der Waals surface area contributed by atoms with Gasteiger partial charge in [-0.1, -0.05) is 44.8 Å². The third-order valence-corrected chi connectivity index (χ3v) is 7.33. The second-order valence-corrected chi connectivity index (χ2v) is 8.51. The van der Waals surface area contributed by atoms with E-state index >= 15 is 0 Å². The van der Waals surface area contributed by atoms with Gasteiger partial charge in [-0.15, -0.1) is 0 Å². The maximum absolute atomic E-state index is 14.0. The topological polar surface area (TPSA) is 0 Å². The van der Waals surface area contributed by atoms with Crippen LogP contribution in [0.5, 0.6) is 0 Å². The summed E-state index contributed by atoms with van der Waals surface area (Å²) in [5.41, 5.74) is 1.45. The molecule has 0 radical (unpaired) electrons. The van der Waals surface area contributed by atoms with Crippen molar-refractivity contribution in [3.63, 3.8) is 0 Å². The fourth-order valence-electron chi connectivity index (χ4n) is 5.54. The Morgan fingerprint density at radius 3 is 2.30 bits per heavy atom. The van der Waals surface area contributed by atoms with Gasteiger partial charge in [0.15, 0.2) is 0 Å². The van der Waals surface area contributed by atoms with E-state index < -0.39 is 12.3 Å². The standard InChI is InChI=1S/C21H34F2/c1-3-15-4-6-16(7-5-15)17-8-10-18(11-9-17)19-12-13-20(22)21(23)14(19)2/h10,14-17,19-21H,3-9,11-13H2,1-2H3. The van der Waals surface area contributed by atoms with Crippen molar-refractivity contribution in [3.05, 3.63) is 11.6 Å². The third-order valence-electron chi connectivity index (χ3n) is 7.33. The molecule has 2 heteroatoms. The molecule has 0 aromatic carbocycles. The molecule has 0 aliphatic heterocycles. The Morgan fingerprint density at radius 1 is 0.957 bits per heavy atom. The molecule has 0 nitrogen and oxygen atoms in total. The van der Waals surface area contributed by atoms with Gasteiger partial charge in [0.25, 0.3) is 0 Å². The molecule has 0 aromatic rings. The highest BCUT2D eigenvalue weighted by Crippen LogP contribution is 2.45. The predicted octanol–water partition coefficient (Wildman–Crippen LogP) is 6.65. The lowest BCUT2D eigenvalue weighted by Crippen LogP contribution is -2.37. The second kappa shape index (κ2) is 7.66. The molecule has 0 amide bonds. The summed E-state index contributed by atoms with van der Waals surface area (Å²) >= 11 is 0. The van der Waals surface area contributed by atoms with Crippen LogP contribution in [0.1, 0.15) is 78.1 Å². The average Bonchev–Trinajstić information content (AvgIpc) is 2.60. The Balaban J connectivity index is 1.54. The summed E-state index contributed by atoms with van der Waals surface area (Å²) < 4.78 is 27.6. The first kappa shape index (κ1) is 17.4. The highest BCUT2D eigenvalue weighted by Gasteiger charge is 2.39. The van der Waals surface area contributed by atoms with Crippen LogP contribution in [0.15, 0.2) is 11.6 Å². The SMILES string of the molecule is CCC1CCC(C2CC=C(C3CCC(F)C(F)C3C)CC2)CC1. The maximum Gasteiger partial charge on any atom is 0.134 e. The Labute approximate surface area is 141 Å². The van der Waals surface area contributed by atoms with Gasteiger partial charge in [0.1, 0.15) is 12.3 Å². The summed E-state index contributed by atoms with van der Waals surface area (Å²) in [5, 5.41) is 0. The molecule has 0 N–H and O–H groups in total. The van der Waals surface area contributed by atoms with Crippen LogP contribution in [0.3, 0.4) is 0 Å². The lowest BCUT2D eigenvalue weighted by Gasteiger charge is -2.39. The zero-order chi connectivity index (χ0) is 16.4. The normalized spacial score (nSPS) is 45.6. The van der Waals surface area contributed by atoms with E-state index in [0.29, 0.717) is 12.3 Å². The van der Waals surface area contributed by atoms with E-state index in [-0.39, 0.29) is 5.92 Å². The number of alkyl halides is 2. The fraction of sp³-hybridized carbons (Fsp3) is 0.905. The van der Waals surface area contributed by atoms with E-state index in [0.717, 1.165) is 30.6 Å². The quantitative estimate of drug-likeness (QED) is 0.510. The van der Waals surface area contributed by atoms with Crippen molar-refractivity contribution in [1.82, 2.24) is 0 Å². The summed E-state index contributed by atoms with van der Waals surface area (Å²) in [4.78, 5) is 0. The Morgan fingerprint density at radius 2 is 1.70 bits per heavy atom. The van der Waals surface area contributed by atoms with Gasteiger partial charge in [-0.25, -0.2) is 8.78 Å². The van der Waals surface area contributed by atoms with E-state index in [1.54, 1.807) is 0 Å². The molecule has 3 aliphatic carbocycles. The minimum Gasteiger partial charge on any atom is -0.244 e. The van der Waals surface area contributed by atoms with Crippen LogP contribution in [0.4, 0.5) is 8.78 Å². The molecule has 132 valence electrons. The van der Waals surface area contributed by atoms with Crippen LogP contribution in [0.25, 0.3) is 0 Å².